The number of carbonyl (C=O) groups is 4. The molecule has 15 heteroatoms. The second-order valence-corrected chi connectivity index (χ2v) is 9.47. The molecule has 1 saturated heterocycles. The molecule has 0 aromatic carbocycles. The summed E-state index contributed by atoms with van der Waals surface area (Å²) < 4.78 is 4.69. The Kier molecular flexibility index (Phi) is 6.42. The molecule has 2 aliphatic heterocycles. The van der Waals surface area contributed by atoms with Gasteiger partial charge in [-0.15, -0.1) is 23.1 Å². The number of aliphatic carboxylic acids is 1. The van der Waals surface area contributed by atoms with Gasteiger partial charge in [-0.05, 0) is 18.8 Å². The summed E-state index contributed by atoms with van der Waals surface area (Å²) in [7, 11) is 0. The lowest BCUT2D eigenvalue weighted by Gasteiger charge is -2.49. The number of nitrogens with one attached hydrogen (secondary N) is 1. The number of nitrogens with two attached hydrogens (primary N) is 2. The second kappa shape index (κ2) is 9.27. The summed E-state index contributed by atoms with van der Waals surface area (Å²) in [5, 5.41) is 17.2. The monoisotopic (exact) mass is 496 g/mol. The van der Waals surface area contributed by atoms with E-state index >= 15 is 0 Å². The summed E-state index contributed by atoms with van der Waals surface area (Å²) in [6.07, 6.45) is 1.02. The Balaban J connectivity index is 1.48. The van der Waals surface area contributed by atoms with Crippen LogP contribution in [0.15, 0.2) is 21.8 Å². The molecule has 0 unspecified atom stereocenters. The van der Waals surface area contributed by atoms with Crippen LogP contribution in [-0.4, -0.2) is 75.0 Å². The minimum absolute atomic E-state index is 0.125. The minimum atomic E-state index is -1.35. The van der Waals surface area contributed by atoms with Crippen LogP contribution in [0.3, 0.4) is 0 Å². The molecule has 2 atom stereocenters. The lowest BCUT2D eigenvalue weighted by molar-refractivity contribution is -0.150. The highest BCUT2D eigenvalue weighted by Crippen LogP contribution is 2.40. The van der Waals surface area contributed by atoms with E-state index in [9.17, 15) is 24.3 Å². The van der Waals surface area contributed by atoms with Crippen molar-refractivity contribution >= 4 is 57.8 Å². The maximum atomic E-state index is 12.9. The number of amides is 3. The van der Waals surface area contributed by atoms with E-state index in [0.29, 0.717) is 12.5 Å². The van der Waals surface area contributed by atoms with Crippen molar-refractivity contribution < 1.29 is 33.9 Å². The number of β-lactam (4-membered cyclic amide) rings is 1. The number of carbonyl (C=O) groups excluding carboxylic acids is 3. The Morgan fingerprint density at radius 1 is 1.36 bits per heavy atom. The van der Waals surface area contributed by atoms with Crippen molar-refractivity contribution in [3.8, 4) is 0 Å². The number of carboxylic acids is 1. The Labute approximate surface area is 195 Å². The number of hydrogen-bond donors (Lipinski definition) is 4. The van der Waals surface area contributed by atoms with E-state index in [-0.39, 0.29) is 40.2 Å². The van der Waals surface area contributed by atoms with Gasteiger partial charge in [-0.25, -0.2) is 14.6 Å². The summed E-state index contributed by atoms with van der Waals surface area (Å²) in [5.74, 6) is -2.09. The number of ether oxygens (including phenoxy) is 1. The van der Waals surface area contributed by atoms with Crippen molar-refractivity contribution in [3.63, 3.8) is 0 Å². The van der Waals surface area contributed by atoms with Gasteiger partial charge in [0, 0.05) is 16.7 Å². The summed E-state index contributed by atoms with van der Waals surface area (Å²) in [5.41, 5.74) is 10.6. The van der Waals surface area contributed by atoms with Gasteiger partial charge >= 0.3 is 12.1 Å². The molecule has 13 nitrogen and oxygen atoms in total. The molecule has 1 aromatic heterocycles. The second-order valence-electron chi connectivity index (χ2n) is 7.48. The zero-order valence-electron chi connectivity index (χ0n) is 17.1. The third-order valence-corrected chi connectivity index (χ3v) is 7.08. The molecule has 2 fully saturated rings. The van der Waals surface area contributed by atoms with Crippen LogP contribution in [0.5, 0.6) is 0 Å². The predicted molar refractivity (Wildman–Crippen MR) is 117 cm³/mol. The van der Waals surface area contributed by atoms with E-state index in [1.807, 2.05) is 0 Å². The number of rotatable bonds is 9. The third kappa shape index (κ3) is 4.88. The quantitative estimate of drug-likeness (QED) is 0.200. The number of aromatic nitrogens is 1. The van der Waals surface area contributed by atoms with Crippen molar-refractivity contribution in [2.75, 3.05) is 24.7 Å². The van der Waals surface area contributed by atoms with Crippen LogP contribution in [-0.2, 0) is 24.0 Å². The Morgan fingerprint density at radius 3 is 2.73 bits per heavy atom. The van der Waals surface area contributed by atoms with Crippen LogP contribution in [0.1, 0.15) is 18.5 Å². The van der Waals surface area contributed by atoms with E-state index in [0.717, 1.165) is 29.1 Å². The maximum Gasteiger partial charge on any atom is 0.404 e. The van der Waals surface area contributed by atoms with Crippen LogP contribution >= 0.6 is 23.1 Å². The number of nitrogen functional groups attached to an aromatic ring is 1. The predicted octanol–water partition coefficient (Wildman–Crippen LogP) is -0.310. The molecule has 33 heavy (non-hydrogen) atoms. The average Bonchev–Trinajstić information content (AvgIpc) is 3.50. The van der Waals surface area contributed by atoms with Crippen LogP contribution in [0, 0.1) is 5.92 Å². The van der Waals surface area contributed by atoms with E-state index in [2.05, 4.69) is 20.2 Å². The van der Waals surface area contributed by atoms with Gasteiger partial charge in [-0.3, -0.25) is 14.5 Å². The van der Waals surface area contributed by atoms with Gasteiger partial charge in [0.2, 0.25) is 0 Å². The Bertz CT molecular complexity index is 1070. The van der Waals surface area contributed by atoms with E-state index in [4.69, 9.17) is 16.3 Å². The first-order chi connectivity index (χ1) is 15.8. The fourth-order valence-electron chi connectivity index (χ4n) is 3.25. The molecule has 1 aliphatic carbocycles. The van der Waals surface area contributed by atoms with Crippen LogP contribution in [0.4, 0.5) is 9.93 Å². The zero-order valence-corrected chi connectivity index (χ0v) is 18.7. The fraction of sp³-hybridized carbons (Fsp3) is 0.444. The Morgan fingerprint density at radius 2 is 2.12 bits per heavy atom. The number of hydrogen-bond acceptors (Lipinski definition) is 11. The van der Waals surface area contributed by atoms with Crippen molar-refractivity contribution in [2.45, 2.75) is 24.3 Å². The number of carboxylic acid groups (broad SMARTS) is 1. The van der Waals surface area contributed by atoms with Crippen molar-refractivity contribution in [3.05, 3.63) is 22.3 Å². The average molecular weight is 497 g/mol. The van der Waals surface area contributed by atoms with Crippen molar-refractivity contribution in [1.82, 2.24) is 15.2 Å². The molecular weight excluding hydrogens is 476 g/mol. The van der Waals surface area contributed by atoms with E-state index in [1.54, 1.807) is 5.38 Å². The molecule has 1 saturated carbocycles. The molecule has 176 valence electrons. The number of oxime groups is 1. The molecule has 3 aliphatic rings. The smallest absolute Gasteiger partial charge is 0.404 e. The number of nitrogens with zero attached hydrogens (tertiary/aromatic N) is 3. The molecule has 4 rings (SSSR count). The number of primary amides is 1. The lowest BCUT2D eigenvalue weighted by Crippen LogP contribution is -2.71. The standard InChI is InChI=1S/C18H20N6O7S2/c19-17-21-9(6-33-17)10(23-31-3-7-1-2-7)13(25)22-11-14(26)24-12(16(27)28)8(4-30-18(20)29)5-32-15(11)24/h6-7,11,15H,1-5H2,(H2,19,21)(H2,20,29)(H,22,25)(H,27,28)/t11-,15-/m1/s1. The highest BCUT2D eigenvalue weighted by atomic mass is 32.2. The van der Waals surface area contributed by atoms with Gasteiger partial charge in [0.15, 0.2) is 10.8 Å². The topological polar surface area (TPSA) is 200 Å². The first-order valence-corrected chi connectivity index (χ1v) is 11.7. The summed E-state index contributed by atoms with van der Waals surface area (Å²) in [6, 6.07) is -0.986. The minimum Gasteiger partial charge on any atom is -0.477 e. The van der Waals surface area contributed by atoms with Crippen LogP contribution in [0.2, 0.25) is 0 Å². The first kappa shape index (κ1) is 22.8. The summed E-state index contributed by atoms with van der Waals surface area (Å²) in [4.78, 5) is 58.8. The number of thiazole rings is 1. The number of thioether (sulfide) groups is 1. The van der Waals surface area contributed by atoms with Crippen LogP contribution in [0.25, 0.3) is 0 Å². The summed E-state index contributed by atoms with van der Waals surface area (Å²) >= 11 is 2.35. The largest absolute Gasteiger partial charge is 0.477 e. The van der Waals surface area contributed by atoms with Crippen molar-refractivity contribution in [2.24, 2.45) is 16.8 Å². The molecule has 3 amide bonds. The van der Waals surface area contributed by atoms with Gasteiger partial charge < -0.3 is 31.5 Å². The van der Waals surface area contributed by atoms with Gasteiger partial charge in [0.25, 0.3) is 11.8 Å². The van der Waals surface area contributed by atoms with Gasteiger partial charge in [-0.2, -0.15) is 0 Å². The highest BCUT2D eigenvalue weighted by molar-refractivity contribution is 8.00. The summed E-state index contributed by atoms with van der Waals surface area (Å²) in [6.45, 7) is 0.0197. The maximum absolute atomic E-state index is 12.9. The molecule has 1 aromatic rings. The molecule has 0 spiro atoms. The van der Waals surface area contributed by atoms with Crippen LogP contribution < -0.4 is 16.8 Å². The SMILES string of the molecule is NC(=O)OCC1=C(C(=O)O)N2C(=O)[C@@H](NC(=O)C(=NOCC3CC3)c3csc(N)n3)[C@H]2SC1. The third-order valence-electron chi connectivity index (χ3n) is 5.07. The van der Waals surface area contributed by atoms with Gasteiger partial charge in [-0.1, -0.05) is 5.16 Å². The van der Waals surface area contributed by atoms with E-state index in [1.165, 1.54) is 11.8 Å². The molecule has 0 bridgehead atoms. The fourth-order valence-corrected chi connectivity index (χ4v) is 5.13. The normalized spacial score (nSPS) is 22.4. The number of anilines is 1. The lowest BCUT2D eigenvalue weighted by atomic mass is 10.0. The van der Waals surface area contributed by atoms with E-state index < -0.39 is 35.3 Å². The van der Waals surface area contributed by atoms with Crippen molar-refractivity contribution in [1.29, 1.82) is 0 Å². The first-order valence-electron chi connectivity index (χ1n) is 9.80. The molecular formula is C18H20N6O7S2. The molecule has 6 N–H and O–H groups in total. The molecule has 3 heterocycles. The van der Waals surface area contributed by atoms with Gasteiger partial charge in [0.05, 0.1) is 0 Å². The highest BCUT2D eigenvalue weighted by Gasteiger charge is 2.54. The van der Waals surface area contributed by atoms with Gasteiger partial charge in [0.1, 0.15) is 36.0 Å². The molecule has 0 radical (unpaired) electrons. The number of fused-ring (bicyclic) bond motifs is 1. The Hall–Kier alpha value is -3.33. The zero-order chi connectivity index (χ0) is 23.7.